The van der Waals surface area contributed by atoms with E-state index in [-0.39, 0.29) is 18.2 Å². The lowest BCUT2D eigenvalue weighted by Crippen LogP contribution is -2.36. The molecule has 0 aromatic rings. The van der Waals surface area contributed by atoms with Gasteiger partial charge in [0.1, 0.15) is 0 Å². The number of rotatable bonds is 5. The second kappa shape index (κ2) is 5.53. The zero-order valence-corrected chi connectivity index (χ0v) is 8.41. The Labute approximate surface area is 78.5 Å². The first kappa shape index (κ1) is 11.9. The van der Waals surface area contributed by atoms with Crippen LogP contribution >= 0.6 is 0 Å². The lowest BCUT2D eigenvalue weighted by molar-refractivity contribution is -0.130. The maximum atomic E-state index is 11.3. The molecule has 0 spiro atoms. The Kier molecular flexibility index (Phi) is 5.06. The van der Waals surface area contributed by atoms with E-state index in [0.717, 1.165) is 0 Å². The van der Waals surface area contributed by atoms with Crippen LogP contribution < -0.4 is 5.73 Å². The minimum atomic E-state index is -0.385. The third kappa shape index (κ3) is 6.10. The van der Waals surface area contributed by atoms with Gasteiger partial charge in [0.15, 0.2) is 0 Å². The monoisotopic (exact) mass is 187 g/mol. The average Bonchev–Trinajstić information content (AvgIpc) is 1.98. The standard InChI is InChI=1S/C8H17N3O2/c1-10(2)6-8(13)11(3)5-4-7(9)12/h4-6H2,1-3H3,(H2,9,12). The largest absolute Gasteiger partial charge is 0.370 e. The Morgan fingerprint density at radius 2 is 1.77 bits per heavy atom. The zero-order chi connectivity index (χ0) is 10.4. The van der Waals surface area contributed by atoms with Gasteiger partial charge in [0, 0.05) is 20.0 Å². The average molecular weight is 187 g/mol. The summed E-state index contributed by atoms with van der Waals surface area (Å²) in [5, 5.41) is 0. The second-order valence-electron chi connectivity index (χ2n) is 3.27. The van der Waals surface area contributed by atoms with Crippen LogP contribution in [-0.2, 0) is 9.59 Å². The highest BCUT2D eigenvalue weighted by molar-refractivity contribution is 5.79. The SMILES string of the molecule is CN(C)CC(=O)N(C)CCC(N)=O. The van der Waals surface area contributed by atoms with Crippen LogP contribution in [-0.4, -0.2) is 55.8 Å². The molecule has 0 fully saturated rings. The van der Waals surface area contributed by atoms with E-state index in [9.17, 15) is 9.59 Å². The fraction of sp³-hybridized carbons (Fsp3) is 0.750. The molecule has 76 valence electrons. The molecule has 0 radical (unpaired) electrons. The first-order valence-corrected chi connectivity index (χ1v) is 4.10. The van der Waals surface area contributed by atoms with Crippen molar-refractivity contribution in [2.24, 2.45) is 5.73 Å². The van der Waals surface area contributed by atoms with Gasteiger partial charge in [-0.2, -0.15) is 0 Å². The van der Waals surface area contributed by atoms with Crippen molar-refractivity contribution in [2.75, 3.05) is 34.2 Å². The minimum absolute atomic E-state index is 0.00810. The first-order valence-electron chi connectivity index (χ1n) is 4.10. The molecule has 0 aromatic carbocycles. The summed E-state index contributed by atoms with van der Waals surface area (Å²) in [4.78, 5) is 25.0. The molecule has 0 aromatic heterocycles. The molecule has 2 amide bonds. The molecule has 0 aliphatic carbocycles. The Bertz CT molecular complexity index is 192. The quantitative estimate of drug-likeness (QED) is 0.593. The predicted octanol–water partition coefficient (Wildman–Crippen LogP) is -1.12. The molecule has 0 bridgehead atoms. The van der Waals surface area contributed by atoms with Crippen molar-refractivity contribution >= 4 is 11.8 Å². The van der Waals surface area contributed by atoms with Crippen LogP contribution in [0.1, 0.15) is 6.42 Å². The summed E-state index contributed by atoms with van der Waals surface area (Å²) in [5.74, 6) is -0.393. The van der Waals surface area contributed by atoms with Crippen LogP contribution in [0, 0.1) is 0 Å². The molecule has 5 heteroatoms. The van der Waals surface area contributed by atoms with E-state index < -0.39 is 0 Å². The third-order valence-corrected chi connectivity index (χ3v) is 1.57. The summed E-state index contributed by atoms with van der Waals surface area (Å²) in [7, 11) is 5.30. The highest BCUT2D eigenvalue weighted by atomic mass is 16.2. The van der Waals surface area contributed by atoms with Gasteiger partial charge in [-0.1, -0.05) is 0 Å². The molecule has 2 N–H and O–H groups in total. The van der Waals surface area contributed by atoms with Crippen molar-refractivity contribution in [1.29, 1.82) is 0 Å². The molecular formula is C8H17N3O2. The molecule has 0 aliphatic rings. The number of hydrogen-bond donors (Lipinski definition) is 1. The van der Waals surface area contributed by atoms with Crippen LogP contribution in [0.5, 0.6) is 0 Å². The number of hydrogen-bond acceptors (Lipinski definition) is 3. The van der Waals surface area contributed by atoms with E-state index in [0.29, 0.717) is 13.1 Å². The van der Waals surface area contributed by atoms with Gasteiger partial charge in [-0.15, -0.1) is 0 Å². The topological polar surface area (TPSA) is 66.6 Å². The number of carbonyl (C=O) groups excluding carboxylic acids is 2. The zero-order valence-electron chi connectivity index (χ0n) is 8.41. The molecule has 0 unspecified atom stereocenters. The summed E-state index contributed by atoms with van der Waals surface area (Å²) >= 11 is 0. The van der Waals surface area contributed by atoms with Crippen LogP contribution in [0.15, 0.2) is 0 Å². The van der Waals surface area contributed by atoms with E-state index >= 15 is 0 Å². The second-order valence-corrected chi connectivity index (χ2v) is 3.27. The molecule has 0 rings (SSSR count). The molecule has 13 heavy (non-hydrogen) atoms. The molecular weight excluding hydrogens is 170 g/mol. The van der Waals surface area contributed by atoms with Crippen LogP contribution in [0.3, 0.4) is 0 Å². The first-order chi connectivity index (χ1) is 5.93. The van der Waals surface area contributed by atoms with Gasteiger partial charge in [-0.25, -0.2) is 0 Å². The number of primary amides is 1. The van der Waals surface area contributed by atoms with E-state index in [1.165, 1.54) is 4.90 Å². The normalized spacial score (nSPS) is 10.2. The Morgan fingerprint density at radius 1 is 1.23 bits per heavy atom. The van der Waals surface area contributed by atoms with Gasteiger partial charge in [0.2, 0.25) is 11.8 Å². The van der Waals surface area contributed by atoms with Gasteiger partial charge in [-0.05, 0) is 14.1 Å². The minimum Gasteiger partial charge on any atom is -0.370 e. The predicted molar refractivity (Wildman–Crippen MR) is 50.0 cm³/mol. The van der Waals surface area contributed by atoms with Crippen LogP contribution in [0.25, 0.3) is 0 Å². The number of nitrogens with two attached hydrogens (primary N) is 1. The Morgan fingerprint density at radius 3 is 2.15 bits per heavy atom. The van der Waals surface area contributed by atoms with Gasteiger partial charge in [0.05, 0.1) is 6.54 Å². The van der Waals surface area contributed by atoms with Crippen molar-refractivity contribution in [3.05, 3.63) is 0 Å². The maximum Gasteiger partial charge on any atom is 0.236 e. The number of amides is 2. The van der Waals surface area contributed by atoms with E-state index in [2.05, 4.69) is 0 Å². The lowest BCUT2D eigenvalue weighted by Gasteiger charge is -2.18. The lowest BCUT2D eigenvalue weighted by atomic mass is 10.3. The molecule has 0 atom stereocenters. The highest BCUT2D eigenvalue weighted by Crippen LogP contribution is 1.89. The summed E-state index contributed by atoms with van der Waals surface area (Å²) in [6.45, 7) is 0.747. The Hall–Kier alpha value is -1.10. The number of nitrogens with zero attached hydrogens (tertiary/aromatic N) is 2. The summed E-state index contributed by atoms with van der Waals surface area (Å²) in [6.07, 6.45) is 0.218. The third-order valence-electron chi connectivity index (χ3n) is 1.57. The smallest absolute Gasteiger partial charge is 0.236 e. The van der Waals surface area contributed by atoms with Crippen molar-refractivity contribution in [1.82, 2.24) is 9.80 Å². The van der Waals surface area contributed by atoms with E-state index in [1.807, 2.05) is 14.1 Å². The highest BCUT2D eigenvalue weighted by Gasteiger charge is 2.09. The molecule has 0 heterocycles. The van der Waals surface area contributed by atoms with Gasteiger partial charge in [0.25, 0.3) is 0 Å². The molecule has 0 saturated heterocycles. The number of likely N-dealkylation sites (N-methyl/N-ethyl adjacent to an activating group) is 2. The van der Waals surface area contributed by atoms with Crippen LogP contribution in [0.4, 0.5) is 0 Å². The molecule has 0 aliphatic heterocycles. The Balaban J connectivity index is 3.76. The van der Waals surface area contributed by atoms with Crippen molar-refractivity contribution in [3.63, 3.8) is 0 Å². The molecule has 5 nitrogen and oxygen atoms in total. The fourth-order valence-corrected chi connectivity index (χ4v) is 0.794. The van der Waals surface area contributed by atoms with Gasteiger partial charge < -0.3 is 15.5 Å². The summed E-state index contributed by atoms with van der Waals surface area (Å²) in [5.41, 5.74) is 4.95. The fourth-order valence-electron chi connectivity index (χ4n) is 0.794. The molecule has 0 saturated carbocycles. The number of carbonyl (C=O) groups is 2. The van der Waals surface area contributed by atoms with Gasteiger partial charge in [-0.3, -0.25) is 9.59 Å². The van der Waals surface area contributed by atoms with Crippen LogP contribution in [0.2, 0.25) is 0 Å². The van der Waals surface area contributed by atoms with E-state index in [4.69, 9.17) is 5.73 Å². The van der Waals surface area contributed by atoms with Crippen molar-refractivity contribution in [3.8, 4) is 0 Å². The summed E-state index contributed by atoms with van der Waals surface area (Å²) in [6, 6.07) is 0. The van der Waals surface area contributed by atoms with Crippen molar-refractivity contribution in [2.45, 2.75) is 6.42 Å². The van der Waals surface area contributed by atoms with Gasteiger partial charge >= 0.3 is 0 Å². The maximum absolute atomic E-state index is 11.3. The van der Waals surface area contributed by atoms with E-state index in [1.54, 1.807) is 11.9 Å². The summed E-state index contributed by atoms with van der Waals surface area (Å²) < 4.78 is 0. The van der Waals surface area contributed by atoms with Crippen molar-refractivity contribution < 1.29 is 9.59 Å².